The molecule has 0 aromatic heterocycles. The van der Waals surface area contributed by atoms with E-state index >= 15 is 0 Å². The third-order valence-corrected chi connectivity index (χ3v) is 6.69. The highest BCUT2D eigenvalue weighted by Gasteiger charge is 2.30. The largest absolute Gasteiger partial charge is 0.497 e. The highest BCUT2D eigenvalue weighted by Crippen LogP contribution is 2.40. The first kappa shape index (κ1) is 25.4. The smallest absolute Gasteiger partial charge is 0.258 e. The Labute approximate surface area is 213 Å². The Morgan fingerprint density at radius 1 is 0.806 bits per heavy atom. The van der Waals surface area contributed by atoms with Gasteiger partial charge in [-0.2, -0.15) is 0 Å². The quantitative estimate of drug-likeness (QED) is 0.419. The Balaban J connectivity index is 1.52. The number of likely N-dealkylation sites (tertiary alicyclic amines) is 1. The van der Waals surface area contributed by atoms with Crippen LogP contribution in [0, 0.1) is 0 Å². The fourth-order valence-electron chi connectivity index (χ4n) is 4.82. The summed E-state index contributed by atoms with van der Waals surface area (Å²) < 4.78 is 22.0. The lowest BCUT2D eigenvalue weighted by molar-refractivity contribution is 0.0958. The summed E-state index contributed by atoms with van der Waals surface area (Å²) in [5.41, 5.74) is 2.61. The van der Waals surface area contributed by atoms with Crippen LogP contribution in [-0.2, 0) is 6.54 Å². The first-order valence-corrected chi connectivity index (χ1v) is 12.1. The molecule has 0 atom stereocenters. The van der Waals surface area contributed by atoms with E-state index in [4.69, 9.17) is 18.9 Å². The van der Waals surface area contributed by atoms with Gasteiger partial charge in [-0.05, 0) is 55.3 Å². The second-order valence-electron chi connectivity index (χ2n) is 8.74. The zero-order valence-electron chi connectivity index (χ0n) is 21.4. The Bertz CT molecular complexity index is 1140. The van der Waals surface area contributed by atoms with E-state index in [1.165, 1.54) is 0 Å². The molecule has 0 N–H and O–H groups in total. The number of piperidine rings is 1. The topological polar surface area (TPSA) is 60.5 Å². The second kappa shape index (κ2) is 11.8. The minimum atomic E-state index is 0.0146. The van der Waals surface area contributed by atoms with Crippen molar-refractivity contribution in [2.75, 3.05) is 46.4 Å². The zero-order chi connectivity index (χ0) is 25.5. The zero-order valence-corrected chi connectivity index (χ0v) is 21.4. The molecule has 1 aliphatic heterocycles. The summed E-state index contributed by atoms with van der Waals surface area (Å²) in [6, 6.07) is 21.2. The molecule has 1 fully saturated rings. The lowest BCUT2D eigenvalue weighted by Gasteiger charge is -2.39. The predicted molar refractivity (Wildman–Crippen MR) is 141 cm³/mol. The van der Waals surface area contributed by atoms with E-state index in [0.29, 0.717) is 22.8 Å². The number of benzene rings is 3. The molecule has 3 aromatic carbocycles. The van der Waals surface area contributed by atoms with Crippen molar-refractivity contribution in [3.63, 3.8) is 0 Å². The summed E-state index contributed by atoms with van der Waals surface area (Å²) in [5.74, 6) is 2.72. The van der Waals surface area contributed by atoms with E-state index in [2.05, 4.69) is 4.90 Å². The maximum absolute atomic E-state index is 13.6. The van der Waals surface area contributed by atoms with Gasteiger partial charge in [0.15, 0.2) is 11.5 Å². The van der Waals surface area contributed by atoms with Crippen LogP contribution in [0.4, 0.5) is 5.69 Å². The van der Waals surface area contributed by atoms with Crippen LogP contribution < -0.4 is 23.8 Å². The van der Waals surface area contributed by atoms with Crippen molar-refractivity contribution < 1.29 is 23.7 Å². The number of anilines is 1. The molecular formula is C29H34N2O5. The van der Waals surface area contributed by atoms with Gasteiger partial charge in [0.05, 0.1) is 28.4 Å². The molecule has 4 rings (SSSR count). The number of hydrogen-bond donors (Lipinski definition) is 0. The number of amides is 1. The molecular weight excluding hydrogens is 456 g/mol. The molecule has 0 bridgehead atoms. The van der Waals surface area contributed by atoms with Crippen LogP contribution in [0.3, 0.4) is 0 Å². The third-order valence-electron chi connectivity index (χ3n) is 6.69. The van der Waals surface area contributed by atoms with Gasteiger partial charge in [-0.1, -0.05) is 24.3 Å². The van der Waals surface area contributed by atoms with Gasteiger partial charge in [0.25, 0.3) is 5.91 Å². The first-order valence-electron chi connectivity index (χ1n) is 12.1. The highest BCUT2D eigenvalue weighted by atomic mass is 16.5. The SMILES string of the molecule is COc1ccc(N(C(=O)c2ccccc2)C2CCN(Cc3ccc(OC)c(OC)c3OC)CC2)cc1. The second-order valence-corrected chi connectivity index (χ2v) is 8.74. The molecule has 0 aliphatic carbocycles. The van der Waals surface area contributed by atoms with Crippen LogP contribution in [0.15, 0.2) is 66.7 Å². The minimum Gasteiger partial charge on any atom is -0.497 e. The highest BCUT2D eigenvalue weighted by molar-refractivity contribution is 6.06. The van der Waals surface area contributed by atoms with E-state index in [1.54, 1.807) is 28.4 Å². The van der Waals surface area contributed by atoms with Crippen LogP contribution in [0.5, 0.6) is 23.0 Å². The number of hydrogen-bond acceptors (Lipinski definition) is 6. The molecule has 1 amide bonds. The van der Waals surface area contributed by atoms with Gasteiger partial charge in [-0.3, -0.25) is 9.69 Å². The van der Waals surface area contributed by atoms with Crippen molar-refractivity contribution >= 4 is 11.6 Å². The molecule has 0 saturated carbocycles. The Hall–Kier alpha value is -3.71. The van der Waals surface area contributed by atoms with Gasteiger partial charge >= 0.3 is 0 Å². The predicted octanol–water partition coefficient (Wildman–Crippen LogP) is 5.03. The fraction of sp³-hybridized carbons (Fsp3) is 0.345. The molecule has 1 saturated heterocycles. The van der Waals surface area contributed by atoms with Crippen LogP contribution in [0.2, 0.25) is 0 Å². The maximum Gasteiger partial charge on any atom is 0.258 e. The summed E-state index contributed by atoms with van der Waals surface area (Å²) in [6.07, 6.45) is 1.72. The average molecular weight is 491 g/mol. The Kier molecular flexibility index (Phi) is 8.33. The molecule has 0 radical (unpaired) electrons. The van der Waals surface area contributed by atoms with Crippen LogP contribution >= 0.6 is 0 Å². The van der Waals surface area contributed by atoms with Gasteiger partial charge in [0.1, 0.15) is 5.75 Å². The third kappa shape index (κ3) is 5.41. The summed E-state index contributed by atoms with van der Waals surface area (Å²) in [6.45, 7) is 2.44. The van der Waals surface area contributed by atoms with Gasteiger partial charge in [0, 0.05) is 42.5 Å². The number of ether oxygens (including phenoxy) is 4. The van der Waals surface area contributed by atoms with Gasteiger partial charge < -0.3 is 23.8 Å². The van der Waals surface area contributed by atoms with E-state index in [9.17, 15) is 4.79 Å². The maximum atomic E-state index is 13.6. The normalized spacial score (nSPS) is 14.2. The lowest BCUT2D eigenvalue weighted by Crippen LogP contribution is -2.47. The van der Waals surface area contributed by atoms with Gasteiger partial charge in [-0.25, -0.2) is 0 Å². The molecule has 7 heteroatoms. The number of rotatable bonds is 9. The fourth-order valence-corrected chi connectivity index (χ4v) is 4.82. The van der Waals surface area contributed by atoms with Crippen LogP contribution in [-0.4, -0.2) is 58.4 Å². The number of carbonyl (C=O) groups is 1. The minimum absolute atomic E-state index is 0.0146. The Morgan fingerprint density at radius 2 is 1.47 bits per heavy atom. The van der Waals surface area contributed by atoms with Crippen molar-refractivity contribution in [2.24, 2.45) is 0 Å². The molecule has 3 aromatic rings. The van der Waals surface area contributed by atoms with Crippen LogP contribution in [0.1, 0.15) is 28.8 Å². The summed E-state index contributed by atoms with van der Waals surface area (Å²) >= 11 is 0. The molecule has 0 unspecified atom stereocenters. The monoisotopic (exact) mass is 490 g/mol. The molecule has 1 heterocycles. The average Bonchev–Trinajstić information content (AvgIpc) is 2.94. The number of methoxy groups -OCH3 is 4. The summed E-state index contributed by atoms with van der Waals surface area (Å²) in [5, 5.41) is 0. The molecule has 0 spiro atoms. The van der Waals surface area contributed by atoms with E-state index in [-0.39, 0.29) is 11.9 Å². The van der Waals surface area contributed by atoms with Crippen molar-refractivity contribution in [1.82, 2.24) is 4.90 Å². The van der Waals surface area contributed by atoms with E-state index in [1.807, 2.05) is 71.6 Å². The summed E-state index contributed by atoms with van der Waals surface area (Å²) in [7, 11) is 6.53. The standard InChI is InChI=1S/C29H34N2O5/c1-33-25-13-11-23(12-14-25)31(29(32)21-8-6-5-7-9-21)24-16-18-30(19-17-24)20-22-10-15-26(34-2)28(36-4)27(22)35-3/h5-15,24H,16-20H2,1-4H3. The van der Waals surface area contributed by atoms with Crippen molar-refractivity contribution in [3.05, 3.63) is 77.9 Å². The molecule has 190 valence electrons. The number of carbonyl (C=O) groups excluding carboxylic acids is 1. The van der Waals surface area contributed by atoms with Gasteiger partial charge in [0.2, 0.25) is 5.75 Å². The molecule has 1 aliphatic rings. The first-order chi connectivity index (χ1) is 17.6. The van der Waals surface area contributed by atoms with E-state index in [0.717, 1.165) is 49.5 Å². The Morgan fingerprint density at radius 3 is 2.06 bits per heavy atom. The van der Waals surface area contributed by atoms with Crippen molar-refractivity contribution in [3.8, 4) is 23.0 Å². The lowest BCUT2D eigenvalue weighted by atomic mass is 10.00. The van der Waals surface area contributed by atoms with Crippen LogP contribution in [0.25, 0.3) is 0 Å². The van der Waals surface area contributed by atoms with Crippen molar-refractivity contribution in [1.29, 1.82) is 0 Å². The molecule has 36 heavy (non-hydrogen) atoms. The van der Waals surface area contributed by atoms with Crippen molar-refractivity contribution in [2.45, 2.75) is 25.4 Å². The number of nitrogens with zero attached hydrogens (tertiary/aromatic N) is 2. The van der Waals surface area contributed by atoms with E-state index < -0.39 is 0 Å². The summed E-state index contributed by atoms with van der Waals surface area (Å²) in [4.78, 5) is 18.0. The van der Waals surface area contributed by atoms with Gasteiger partial charge in [-0.15, -0.1) is 0 Å². The molecule has 7 nitrogen and oxygen atoms in total.